The standard InChI is InChI=1S/C27H26N2O5/c1-16-10-20(13-23-27(30)33-18(3)29-23)11-17(2)26(16)34-22-7-8-24(31-4)21(14-22)12-19-6-9-25(32-5)28-15-19/h6-11,13-15H,12H2,1-5H3. The average Bonchev–Trinajstić information content (AvgIpc) is 3.13. The fourth-order valence-corrected chi connectivity index (χ4v) is 3.83. The minimum Gasteiger partial charge on any atom is -0.496 e. The third-order valence-corrected chi connectivity index (χ3v) is 5.39. The first-order valence-electron chi connectivity index (χ1n) is 10.8. The summed E-state index contributed by atoms with van der Waals surface area (Å²) in [6, 6.07) is 13.5. The summed E-state index contributed by atoms with van der Waals surface area (Å²) in [7, 11) is 3.25. The molecule has 7 heteroatoms. The first-order valence-corrected chi connectivity index (χ1v) is 10.8. The van der Waals surface area contributed by atoms with Gasteiger partial charge >= 0.3 is 5.97 Å². The van der Waals surface area contributed by atoms with Crippen molar-refractivity contribution in [1.82, 2.24) is 4.98 Å². The van der Waals surface area contributed by atoms with Crippen LogP contribution in [0.15, 0.2) is 59.4 Å². The molecule has 34 heavy (non-hydrogen) atoms. The number of hydrogen-bond donors (Lipinski definition) is 0. The zero-order chi connectivity index (χ0) is 24.2. The Morgan fingerprint density at radius 2 is 1.74 bits per heavy atom. The van der Waals surface area contributed by atoms with Crippen molar-refractivity contribution in [3.8, 4) is 23.1 Å². The van der Waals surface area contributed by atoms with Gasteiger partial charge in [-0.1, -0.05) is 6.07 Å². The molecule has 0 radical (unpaired) electrons. The fourth-order valence-electron chi connectivity index (χ4n) is 3.83. The molecule has 0 saturated heterocycles. The van der Waals surface area contributed by atoms with Crippen LogP contribution in [0.5, 0.6) is 23.1 Å². The summed E-state index contributed by atoms with van der Waals surface area (Å²) >= 11 is 0. The minimum absolute atomic E-state index is 0.290. The maximum Gasteiger partial charge on any atom is 0.363 e. The molecular weight excluding hydrogens is 432 g/mol. The molecule has 1 aliphatic rings. The molecule has 1 aromatic heterocycles. The third kappa shape index (κ3) is 5.09. The highest BCUT2D eigenvalue weighted by Gasteiger charge is 2.20. The van der Waals surface area contributed by atoms with Crippen molar-refractivity contribution in [3.05, 3.63) is 82.2 Å². The van der Waals surface area contributed by atoms with Gasteiger partial charge in [0.05, 0.1) is 14.2 Å². The van der Waals surface area contributed by atoms with Crippen LogP contribution in [0, 0.1) is 13.8 Å². The molecule has 0 aliphatic carbocycles. The van der Waals surface area contributed by atoms with E-state index in [1.807, 2.05) is 56.3 Å². The molecule has 174 valence electrons. The molecule has 2 heterocycles. The smallest absolute Gasteiger partial charge is 0.363 e. The number of aliphatic imine (C=N–C) groups is 1. The number of methoxy groups -OCH3 is 2. The summed E-state index contributed by atoms with van der Waals surface area (Å²) in [6.45, 7) is 5.60. The maximum atomic E-state index is 11.9. The number of aromatic nitrogens is 1. The van der Waals surface area contributed by atoms with Gasteiger partial charge in [0.2, 0.25) is 5.88 Å². The van der Waals surface area contributed by atoms with Crippen LogP contribution < -0.4 is 14.2 Å². The number of benzene rings is 2. The highest BCUT2D eigenvalue weighted by molar-refractivity contribution is 6.06. The Bertz CT molecular complexity index is 1270. The molecule has 3 aromatic rings. The Kier molecular flexibility index (Phi) is 6.63. The molecule has 0 atom stereocenters. The first kappa shape index (κ1) is 23.0. The largest absolute Gasteiger partial charge is 0.496 e. The molecule has 2 aromatic carbocycles. The van der Waals surface area contributed by atoms with Gasteiger partial charge in [0.1, 0.15) is 17.2 Å². The van der Waals surface area contributed by atoms with Gasteiger partial charge in [-0.25, -0.2) is 14.8 Å². The first-order chi connectivity index (χ1) is 16.4. The van der Waals surface area contributed by atoms with E-state index in [1.54, 1.807) is 33.4 Å². The second-order valence-electron chi connectivity index (χ2n) is 8.00. The van der Waals surface area contributed by atoms with Gasteiger partial charge in [0.15, 0.2) is 11.6 Å². The van der Waals surface area contributed by atoms with Crippen LogP contribution in [0.1, 0.15) is 34.7 Å². The van der Waals surface area contributed by atoms with Gasteiger partial charge < -0.3 is 18.9 Å². The number of carbonyl (C=O) groups excluding carboxylic acids is 1. The van der Waals surface area contributed by atoms with Crippen LogP contribution in [0.2, 0.25) is 0 Å². The van der Waals surface area contributed by atoms with E-state index < -0.39 is 5.97 Å². The Morgan fingerprint density at radius 1 is 0.971 bits per heavy atom. The van der Waals surface area contributed by atoms with Crippen LogP contribution in [0.3, 0.4) is 0 Å². The van der Waals surface area contributed by atoms with E-state index in [0.29, 0.717) is 23.9 Å². The molecular formula is C27H26N2O5. The van der Waals surface area contributed by atoms with E-state index >= 15 is 0 Å². The van der Waals surface area contributed by atoms with E-state index in [2.05, 4.69) is 9.98 Å². The zero-order valence-electron chi connectivity index (χ0n) is 19.8. The molecule has 0 bridgehead atoms. The van der Waals surface area contributed by atoms with Crippen molar-refractivity contribution in [2.24, 2.45) is 4.99 Å². The lowest BCUT2D eigenvalue weighted by Crippen LogP contribution is -2.00. The predicted molar refractivity (Wildman–Crippen MR) is 130 cm³/mol. The fraction of sp³-hybridized carbons (Fsp3) is 0.222. The van der Waals surface area contributed by atoms with Crippen molar-refractivity contribution in [1.29, 1.82) is 0 Å². The number of carbonyl (C=O) groups is 1. The molecule has 7 nitrogen and oxygen atoms in total. The predicted octanol–water partition coefficient (Wildman–Crippen LogP) is 5.41. The Hall–Kier alpha value is -4.13. The van der Waals surface area contributed by atoms with Crippen LogP contribution in [-0.4, -0.2) is 31.1 Å². The zero-order valence-corrected chi connectivity index (χ0v) is 19.8. The maximum absolute atomic E-state index is 11.9. The number of cyclic esters (lactones) is 1. The van der Waals surface area contributed by atoms with E-state index in [-0.39, 0.29) is 5.70 Å². The Labute approximate surface area is 198 Å². The Balaban J connectivity index is 1.59. The van der Waals surface area contributed by atoms with Gasteiger partial charge in [-0.05, 0) is 72.5 Å². The molecule has 0 N–H and O–H groups in total. The summed E-state index contributed by atoms with van der Waals surface area (Å²) in [6.07, 6.45) is 4.15. The minimum atomic E-state index is -0.439. The molecule has 0 spiro atoms. The number of rotatable bonds is 7. The van der Waals surface area contributed by atoms with Crippen LogP contribution in [0.25, 0.3) is 6.08 Å². The molecule has 1 aliphatic heterocycles. The second kappa shape index (κ2) is 9.79. The third-order valence-electron chi connectivity index (χ3n) is 5.39. The second-order valence-corrected chi connectivity index (χ2v) is 8.00. The van der Waals surface area contributed by atoms with Crippen molar-refractivity contribution < 1.29 is 23.7 Å². The summed E-state index contributed by atoms with van der Waals surface area (Å²) in [5, 5.41) is 0. The average molecular weight is 459 g/mol. The van der Waals surface area contributed by atoms with Gasteiger partial charge in [-0.2, -0.15) is 0 Å². The van der Waals surface area contributed by atoms with Gasteiger partial charge in [0.25, 0.3) is 0 Å². The van der Waals surface area contributed by atoms with Crippen molar-refractivity contribution in [3.63, 3.8) is 0 Å². The van der Waals surface area contributed by atoms with Crippen molar-refractivity contribution >= 4 is 17.9 Å². The highest BCUT2D eigenvalue weighted by atomic mass is 16.6. The topological polar surface area (TPSA) is 79.2 Å². The number of nitrogens with zero attached hydrogens (tertiary/aromatic N) is 2. The van der Waals surface area contributed by atoms with Crippen LogP contribution in [-0.2, 0) is 16.0 Å². The highest BCUT2D eigenvalue weighted by Crippen LogP contribution is 2.34. The SMILES string of the molecule is COc1ccc(Cc2cc(Oc3c(C)cc(C=C4N=C(C)OC4=O)cc3C)ccc2OC)cn1. The van der Waals surface area contributed by atoms with E-state index in [1.165, 1.54) is 0 Å². The van der Waals surface area contributed by atoms with Crippen molar-refractivity contribution in [2.75, 3.05) is 14.2 Å². The molecule has 0 unspecified atom stereocenters. The van der Waals surface area contributed by atoms with Crippen LogP contribution >= 0.6 is 0 Å². The summed E-state index contributed by atoms with van der Waals surface area (Å²) in [4.78, 5) is 20.3. The number of ether oxygens (including phenoxy) is 4. The van der Waals surface area contributed by atoms with Gasteiger partial charge in [-0.3, -0.25) is 0 Å². The summed E-state index contributed by atoms with van der Waals surface area (Å²) in [5.41, 5.74) is 5.04. The van der Waals surface area contributed by atoms with E-state index in [4.69, 9.17) is 18.9 Å². The summed E-state index contributed by atoms with van der Waals surface area (Å²) in [5.74, 6) is 2.73. The lowest BCUT2D eigenvalue weighted by molar-refractivity contribution is -0.130. The number of pyridine rings is 1. The number of hydrogen-bond acceptors (Lipinski definition) is 7. The Morgan fingerprint density at radius 3 is 2.32 bits per heavy atom. The van der Waals surface area contributed by atoms with Gasteiger partial charge in [-0.15, -0.1) is 0 Å². The quantitative estimate of drug-likeness (QED) is 0.348. The lowest BCUT2D eigenvalue weighted by Gasteiger charge is -2.15. The molecule has 0 saturated carbocycles. The van der Waals surface area contributed by atoms with Gasteiger partial charge in [0, 0.05) is 31.2 Å². The molecule has 4 rings (SSSR count). The summed E-state index contributed by atoms with van der Waals surface area (Å²) < 4.78 is 22.0. The van der Waals surface area contributed by atoms with E-state index in [0.717, 1.165) is 39.3 Å². The van der Waals surface area contributed by atoms with E-state index in [9.17, 15) is 4.79 Å². The number of aryl methyl sites for hydroxylation is 2. The monoisotopic (exact) mass is 458 g/mol. The molecule has 0 amide bonds. The molecule has 0 fully saturated rings. The lowest BCUT2D eigenvalue weighted by atomic mass is 10.0. The number of esters is 1. The normalized spacial score (nSPS) is 14.1. The van der Waals surface area contributed by atoms with Crippen molar-refractivity contribution in [2.45, 2.75) is 27.2 Å². The van der Waals surface area contributed by atoms with Crippen LogP contribution in [0.4, 0.5) is 0 Å².